The molecule has 10 heavy (non-hydrogen) atoms. The monoisotopic (exact) mass is 149 g/mol. The van der Waals surface area contributed by atoms with Gasteiger partial charge < -0.3 is 21.1 Å². The molecular formula is C5H11NO4. The maximum atomic E-state index is 10.0. The molecule has 0 aromatic rings. The van der Waals surface area contributed by atoms with E-state index in [1.807, 2.05) is 0 Å². The first-order valence-electron chi connectivity index (χ1n) is 2.76. The molecule has 0 heterocycles. The number of carbonyl (C=O) groups is 1. The van der Waals surface area contributed by atoms with Gasteiger partial charge in [-0.3, -0.25) is 4.79 Å². The van der Waals surface area contributed by atoms with Gasteiger partial charge in [0.25, 0.3) is 0 Å². The van der Waals surface area contributed by atoms with Crippen LogP contribution in [0.1, 0.15) is 13.3 Å². The van der Waals surface area contributed by atoms with Crippen LogP contribution in [-0.4, -0.2) is 33.1 Å². The van der Waals surface area contributed by atoms with Crippen molar-refractivity contribution in [2.24, 2.45) is 5.73 Å². The van der Waals surface area contributed by atoms with Gasteiger partial charge in [0.1, 0.15) is 6.04 Å². The summed E-state index contributed by atoms with van der Waals surface area (Å²) in [5.41, 5.74) is 4.98. The molecule has 0 bridgehead atoms. The summed E-state index contributed by atoms with van der Waals surface area (Å²) in [6.07, 6.45) is -0.373. The summed E-state index contributed by atoms with van der Waals surface area (Å²) < 4.78 is 0. The molecule has 0 spiro atoms. The van der Waals surface area contributed by atoms with Gasteiger partial charge in [-0.05, 0) is 6.92 Å². The Hall–Kier alpha value is -0.650. The molecule has 60 valence electrons. The quantitative estimate of drug-likeness (QED) is 0.365. The van der Waals surface area contributed by atoms with Crippen molar-refractivity contribution in [1.82, 2.24) is 0 Å². The Morgan fingerprint density at radius 1 is 1.70 bits per heavy atom. The summed E-state index contributed by atoms with van der Waals surface area (Å²) in [6.45, 7) is 1.08. The van der Waals surface area contributed by atoms with Crippen molar-refractivity contribution >= 4 is 5.97 Å². The van der Waals surface area contributed by atoms with Crippen molar-refractivity contribution in [2.45, 2.75) is 25.2 Å². The second-order valence-electron chi connectivity index (χ2n) is 2.37. The lowest BCUT2D eigenvalue weighted by molar-refractivity contribution is -0.163. The van der Waals surface area contributed by atoms with Crippen LogP contribution in [0.5, 0.6) is 0 Å². The molecule has 0 saturated heterocycles. The van der Waals surface area contributed by atoms with Gasteiger partial charge in [0.2, 0.25) is 0 Å². The molecule has 0 saturated carbocycles. The SMILES string of the molecule is CC(O)(O)CC(N)C(=O)O. The van der Waals surface area contributed by atoms with Gasteiger partial charge in [0, 0.05) is 6.42 Å². The van der Waals surface area contributed by atoms with Crippen molar-refractivity contribution in [3.8, 4) is 0 Å². The first-order valence-corrected chi connectivity index (χ1v) is 2.76. The zero-order valence-electron chi connectivity index (χ0n) is 5.61. The summed E-state index contributed by atoms with van der Waals surface area (Å²) in [5.74, 6) is -3.24. The van der Waals surface area contributed by atoms with Crippen LogP contribution in [0, 0.1) is 0 Å². The fourth-order valence-electron chi connectivity index (χ4n) is 0.504. The molecule has 5 N–H and O–H groups in total. The lowest BCUT2D eigenvalue weighted by Gasteiger charge is -2.17. The summed E-state index contributed by atoms with van der Waals surface area (Å²) in [5, 5.41) is 25.5. The molecule has 5 nitrogen and oxygen atoms in total. The first kappa shape index (κ1) is 9.35. The molecule has 0 aliphatic carbocycles. The molecular weight excluding hydrogens is 138 g/mol. The predicted molar refractivity (Wildman–Crippen MR) is 33.1 cm³/mol. The fourth-order valence-corrected chi connectivity index (χ4v) is 0.504. The number of hydrogen-bond acceptors (Lipinski definition) is 4. The van der Waals surface area contributed by atoms with E-state index in [-0.39, 0.29) is 6.42 Å². The highest BCUT2D eigenvalue weighted by molar-refractivity contribution is 5.73. The highest BCUT2D eigenvalue weighted by Crippen LogP contribution is 2.05. The van der Waals surface area contributed by atoms with Gasteiger partial charge in [-0.1, -0.05) is 0 Å². The number of nitrogens with two attached hydrogens (primary N) is 1. The highest BCUT2D eigenvalue weighted by atomic mass is 16.5. The van der Waals surface area contributed by atoms with E-state index < -0.39 is 17.8 Å². The molecule has 0 rings (SSSR count). The van der Waals surface area contributed by atoms with Crippen molar-refractivity contribution < 1.29 is 20.1 Å². The molecule has 1 atom stereocenters. The van der Waals surface area contributed by atoms with E-state index in [1.54, 1.807) is 0 Å². The summed E-state index contributed by atoms with van der Waals surface area (Å²) in [4.78, 5) is 10.0. The van der Waals surface area contributed by atoms with Crippen LogP contribution in [0.4, 0.5) is 0 Å². The first-order chi connectivity index (χ1) is 4.33. The van der Waals surface area contributed by atoms with Crippen molar-refractivity contribution in [3.05, 3.63) is 0 Å². The van der Waals surface area contributed by atoms with E-state index in [0.717, 1.165) is 6.92 Å². The Kier molecular flexibility index (Phi) is 2.77. The summed E-state index contributed by atoms with van der Waals surface area (Å²) in [7, 11) is 0. The zero-order chi connectivity index (χ0) is 8.36. The molecule has 0 aromatic heterocycles. The standard InChI is InChI=1S/C5H11NO4/c1-5(9,10)2-3(6)4(7)8/h3,9-10H,2,6H2,1H3,(H,7,8). The topological polar surface area (TPSA) is 104 Å². The Labute approximate surface area is 58.1 Å². The number of rotatable bonds is 3. The minimum Gasteiger partial charge on any atom is -0.480 e. The van der Waals surface area contributed by atoms with Crippen molar-refractivity contribution in [2.75, 3.05) is 0 Å². The van der Waals surface area contributed by atoms with E-state index in [4.69, 9.17) is 21.1 Å². The van der Waals surface area contributed by atoms with E-state index in [1.165, 1.54) is 0 Å². The lowest BCUT2D eigenvalue weighted by Crippen LogP contribution is -2.39. The average molecular weight is 149 g/mol. The molecule has 1 unspecified atom stereocenters. The van der Waals surface area contributed by atoms with Crippen LogP contribution in [0.15, 0.2) is 0 Å². The van der Waals surface area contributed by atoms with Crippen LogP contribution >= 0.6 is 0 Å². The summed E-state index contributed by atoms with van der Waals surface area (Å²) >= 11 is 0. The van der Waals surface area contributed by atoms with Crippen LogP contribution in [0.3, 0.4) is 0 Å². The summed E-state index contributed by atoms with van der Waals surface area (Å²) in [6, 6.07) is -1.22. The Bertz CT molecular complexity index is 128. The zero-order valence-corrected chi connectivity index (χ0v) is 5.61. The van der Waals surface area contributed by atoms with Crippen LogP contribution in [0.25, 0.3) is 0 Å². The highest BCUT2D eigenvalue weighted by Gasteiger charge is 2.23. The second-order valence-corrected chi connectivity index (χ2v) is 2.37. The number of aliphatic carboxylic acids is 1. The maximum absolute atomic E-state index is 10.0. The van der Waals surface area contributed by atoms with Crippen LogP contribution in [-0.2, 0) is 4.79 Å². The number of hydrogen-bond donors (Lipinski definition) is 4. The third kappa shape index (κ3) is 4.25. The van der Waals surface area contributed by atoms with Crippen molar-refractivity contribution in [1.29, 1.82) is 0 Å². The van der Waals surface area contributed by atoms with Gasteiger partial charge in [-0.15, -0.1) is 0 Å². The molecule has 0 amide bonds. The predicted octanol–water partition coefficient (Wildman–Crippen LogP) is -1.51. The number of carboxylic acid groups (broad SMARTS) is 1. The van der Waals surface area contributed by atoms with E-state index in [9.17, 15) is 4.79 Å². The smallest absolute Gasteiger partial charge is 0.320 e. The van der Waals surface area contributed by atoms with Crippen molar-refractivity contribution in [3.63, 3.8) is 0 Å². The van der Waals surface area contributed by atoms with E-state index in [2.05, 4.69) is 0 Å². The Morgan fingerprint density at radius 3 is 2.20 bits per heavy atom. The largest absolute Gasteiger partial charge is 0.480 e. The third-order valence-corrected chi connectivity index (χ3v) is 0.924. The normalized spacial score (nSPS) is 14.8. The van der Waals surface area contributed by atoms with Gasteiger partial charge in [-0.2, -0.15) is 0 Å². The lowest BCUT2D eigenvalue weighted by atomic mass is 10.1. The average Bonchev–Trinajstić information content (AvgIpc) is 1.60. The van der Waals surface area contributed by atoms with E-state index in [0.29, 0.717) is 0 Å². The minimum atomic E-state index is -2.00. The van der Waals surface area contributed by atoms with Gasteiger partial charge >= 0.3 is 5.97 Å². The van der Waals surface area contributed by atoms with Crippen LogP contribution < -0.4 is 5.73 Å². The molecule has 0 aliphatic heterocycles. The number of aliphatic hydroxyl groups is 2. The van der Waals surface area contributed by atoms with Crippen LogP contribution in [0.2, 0.25) is 0 Å². The second kappa shape index (κ2) is 2.96. The molecule has 5 heteroatoms. The van der Waals surface area contributed by atoms with E-state index >= 15 is 0 Å². The molecule has 0 aliphatic rings. The molecule has 0 fully saturated rings. The Morgan fingerprint density at radius 2 is 2.10 bits per heavy atom. The Balaban J connectivity index is 3.80. The maximum Gasteiger partial charge on any atom is 0.320 e. The van der Waals surface area contributed by atoms with Gasteiger partial charge in [0.05, 0.1) is 0 Å². The fraction of sp³-hybridized carbons (Fsp3) is 0.800. The molecule has 0 aromatic carbocycles. The minimum absolute atomic E-state index is 0.373. The molecule has 0 radical (unpaired) electrons. The van der Waals surface area contributed by atoms with Gasteiger partial charge in [0.15, 0.2) is 5.79 Å². The van der Waals surface area contributed by atoms with Gasteiger partial charge in [-0.25, -0.2) is 0 Å². The number of carboxylic acids is 1. The third-order valence-electron chi connectivity index (χ3n) is 0.924.